The highest BCUT2D eigenvalue weighted by atomic mass is 16.2. The van der Waals surface area contributed by atoms with Crippen LogP contribution in [0.4, 0.5) is 4.79 Å². The minimum atomic E-state index is -0.102. The average molecular weight is 295 g/mol. The SMILES string of the molecule is CCCN(C(=O)NC1CCCC1)C1(CN)CCCCCC1. The minimum absolute atomic E-state index is 0.102. The summed E-state index contributed by atoms with van der Waals surface area (Å²) in [5.74, 6) is 0. The number of carbonyl (C=O) groups excluding carboxylic acids is 1. The van der Waals surface area contributed by atoms with Crippen LogP contribution in [0.1, 0.15) is 77.6 Å². The Balaban J connectivity index is 2.08. The Kier molecular flexibility index (Phi) is 6.34. The molecule has 2 aliphatic carbocycles. The Morgan fingerprint density at radius 3 is 2.29 bits per heavy atom. The summed E-state index contributed by atoms with van der Waals surface area (Å²) in [5.41, 5.74) is 6.06. The first-order chi connectivity index (χ1) is 10.2. The second-order valence-corrected chi connectivity index (χ2v) is 6.93. The molecule has 2 aliphatic rings. The van der Waals surface area contributed by atoms with Gasteiger partial charge in [-0.05, 0) is 32.1 Å². The molecule has 0 spiro atoms. The van der Waals surface area contributed by atoms with Crippen molar-refractivity contribution in [3.05, 3.63) is 0 Å². The molecule has 21 heavy (non-hydrogen) atoms. The molecule has 0 aromatic rings. The van der Waals surface area contributed by atoms with E-state index in [0.717, 1.165) is 38.6 Å². The zero-order valence-corrected chi connectivity index (χ0v) is 13.7. The number of carbonyl (C=O) groups is 1. The molecule has 2 rings (SSSR count). The van der Waals surface area contributed by atoms with Gasteiger partial charge in [0.25, 0.3) is 0 Å². The van der Waals surface area contributed by atoms with Crippen LogP contribution in [-0.4, -0.2) is 35.6 Å². The van der Waals surface area contributed by atoms with Crippen molar-refractivity contribution in [2.24, 2.45) is 5.73 Å². The lowest BCUT2D eigenvalue weighted by molar-refractivity contribution is 0.100. The number of nitrogens with zero attached hydrogens (tertiary/aromatic N) is 1. The van der Waals surface area contributed by atoms with Crippen LogP contribution < -0.4 is 11.1 Å². The number of nitrogens with one attached hydrogen (secondary N) is 1. The second kappa shape index (κ2) is 8.02. The van der Waals surface area contributed by atoms with Crippen molar-refractivity contribution in [1.82, 2.24) is 10.2 Å². The lowest BCUT2D eigenvalue weighted by atomic mass is 9.88. The van der Waals surface area contributed by atoms with E-state index in [0.29, 0.717) is 12.6 Å². The van der Waals surface area contributed by atoms with Crippen molar-refractivity contribution < 1.29 is 4.79 Å². The van der Waals surface area contributed by atoms with E-state index >= 15 is 0 Å². The molecule has 2 fully saturated rings. The third kappa shape index (κ3) is 4.12. The molecule has 0 aromatic heterocycles. The summed E-state index contributed by atoms with van der Waals surface area (Å²) < 4.78 is 0. The van der Waals surface area contributed by atoms with Gasteiger partial charge in [0, 0.05) is 19.1 Å². The summed E-state index contributed by atoms with van der Waals surface area (Å²) >= 11 is 0. The van der Waals surface area contributed by atoms with E-state index in [4.69, 9.17) is 5.73 Å². The maximum Gasteiger partial charge on any atom is 0.318 e. The Morgan fingerprint density at radius 2 is 1.76 bits per heavy atom. The standard InChI is InChI=1S/C17H33N3O/c1-2-13-20(16(21)19-15-9-5-6-10-15)17(14-18)11-7-3-4-8-12-17/h15H,2-14,18H2,1H3,(H,19,21). The maximum atomic E-state index is 12.8. The predicted octanol–water partition coefficient (Wildman–Crippen LogP) is 3.40. The summed E-state index contributed by atoms with van der Waals surface area (Å²) in [7, 11) is 0. The van der Waals surface area contributed by atoms with Gasteiger partial charge >= 0.3 is 6.03 Å². The van der Waals surface area contributed by atoms with Crippen LogP contribution in [0.2, 0.25) is 0 Å². The van der Waals surface area contributed by atoms with Crippen molar-refractivity contribution in [3.63, 3.8) is 0 Å². The van der Waals surface area contributed by atoms with Gasteiger partial charge in [0.05, 0.1) is 5.54 Å². The van der Waals surface area contributed by atoms with Crippen molar-refractivity contribution >= 4 is 6.03 Å². The van der Waals surface area contributed by atoms with Crippen LogP contribution in [-0.2, 0) is 0 Å². The fraction of sp³-hybridized carbons (Fsp3) is 0.941. The summed E-state index contributed by atoms with van der Waals surface area (Å²) in [4.78, 5) is 14.9. The lowest BCUT2D eigenvalue weighted by Crippen LogP contribution is -2.59. The Hall–Kier alpha value is -0.770. The minimum Gasteiger partial charge on any atom is -0.335 e. The average Bonchev–Trinajstić information content (AvgIpc) is 2.87. The first-order valence-corrected chi connectivity index (χ1v) is 9.00. The van der Waals surface area contributed by atoms with E-state index in [1.165, 1.54) is 38.5 Å². The van der Waals surface area contributed by atoms with E-state index in [9.17, 15) is 4.79 Å². The molecular formula is C17H33N3O. The molecule has 0 atom stereocenters. The Morgan fingerprint density at radius 1 is 1.14 bits per heavy atom. The van der Waals surface area contributed by atoms with Gasteiger partial charge in [0.1, 0.15) is 0 Å². The zero-order valence-electron chi connectivity index (χ0n) is 13.7. The van der Waals surface area contributed by atoms with E-state index < -0.39 is 0 Å². The van der Waals surface area contributed by atoms with E-state index in [-0.39, 0.29) is 11.6 Å². The molecule has 0 radical (unpaired) electrons. The highest BCUT2D eigenvalue weighted by molar-refractivity contribution is 5.75. The van der Waals surface area contributed by atoms with Crippen LogP contribution in [0.15, 0.2) is 0 Å². The first-order valence-electron chi connectivity index (χ1n) is 9.00. The van der Waals surface area contributed by atoms with Gasteiger partial charge in [0.2, 0.25) is 0 Å². The zero-order chi connectivity index (χ0) is 15.1. The van der Waals surface area contributed by atoms with Gasteiger partial charge in [-0.25, -0.2) is 4.79 Å². The van der Waals surface area contributed by atoms with E-state index in [1.807, 2.05) is 0 Å². The largest absolute Gasteiger partial charge is 0.335 e. The number of amides is 2. The van der Waals surface area contributed by atoms with Crippen molar-refractivity contribution in [3.8, 4) is 0 Å². The van der Waals surface area contributed by atoms with Crippen LogP contribution in [0, 0.1) is 0 Å². The molecule has 0 aliphatic heterocycles. The third-order valence-corrected chi connectivity index (χ3v) is 5.36. The number of urea groups is 1. The van der Waals surface area contributed by atoms with Crippen molar-refractivity contribution in [2.75, 3.05) is 13.1 Å². The summed E-state index contributed by atoms with van der Waals surface area (Å²) in [6.45, 7) is 3.58. The maximum absolute atomic E-state index is 12.8. The molecule has 4 heteroatoms. The number of hydrogen-bond acceptors (Lipinski definition) is 2. The van der Waals surface area contributed by atoms with E-state index in [1.54, 1.807) is 0 Å². The fourth-order valence-corrected chi connectivity index (χ4v) is 4.07. The summed E-state index contributed by atoms with van der Waals surface area (Å²) in [5, 5.41) is 3.27. The second-order valence-electron chi connectivity index (χ2n) is 6.93. The first kappa shape index (κ1) is 16.6. The van der Waals surface area contributed by atoms with Crippen LogP contribution in [0.3, 0.4) is 0 Å². The van der Waals surface area contributed by atoms with Gasteiger partial charge in [-0.3, -0.25) is 0 Å². The van der Waals surface area contributed by atoms with Crippen LogP contribution in [0.5, 0.6) is 0 Å². The third-order valence-electron chi connectivity index (χ3n) is 5.36. The molecule has 122 valence electrons. The highest BCUT2D eigenvalue weighted by Crippen LogP contribution is 2.32. The molecule has 0 heterocycles. The van der Waals surface area contributed by atoms with Crippen molar-refractivity contribution in [2.45, 2.75) is 89.1 Å². The molecule has 2 saturated carbocycles. The predicted molar refractivity (Wildman–Crippen MR) is 87.3 cm³/mol. The van der Waals surface area contributed by atoms with E-state index in [2.05, 4.69) is 17.1 Å². The summed E-state index contributed by atoms with van der Waals surface area (Å²) in [6.07, 6.45) is 12.9. The van der Waals surface area contributed by atoms with Crippen LogP contribution in [0.25, 0.3) is 0 Å². The van der Waals surface area contributed by atoms with Gasteiger partial charge < -0.3 is 16.0 Å². The number of nitrogens with two attached hydrogens (primary N) is 1. The molecule has 0 aromatic carbocycles. The van der Waals surface area contributed by atoms with Crippen molar-refractivity contribution in [1.29, 1.82) is 0 Å². The molecule has 0 saturated heterocycles. The fourth-order valence-electron chi connectivity index (χ4n) is 4.07. The quantitative estimate of drug-likeness (QED) is 0.764. The van der Waals surface area contributed by atoms with Gasteiger partial charge in [-0.1, -0.05) is 45.4 Å². The molecule has 3 N–H and O–H groups in total. The molecule has 0 unspecified atom stereocenters. The lowest BCUT2D eigenvalue weighted by Gasteiger charge is -2.43. The topological polar surface area (TPSA) is 58.4 Å². The smallest absolute Gasteiger partial charge is 0.318 e. The molecule has 2 amide bonds. The van der Waals surface area contributed by atoms with Gasteiger partial charge in [-0.2, -0.15) is 0 Å². The highest BCUT2D eigenvalue weighted by Gasteiger charge is 2.38. The van der Waals surface area contributed by atoms with Gasteiger partial charge in [0.15, 0.2) is 0 Å². The number of hydrogen-bond donors (Lipinski definition) is 2. The Labute approximate surface area is 129 Å². The van der Waals surface area contributed by atoms with Crippen LogP contribution >= 0.6 is 0 Å². The number of rotatable bonds is 5. The molecule has 4 nitrogen and oxygen atoms in total. The Bertz CT molecular complexity index is 318. The van der Waals surface area contributed by atoms with Gasteiger partial charge in [-0.15, -0.1) is 0 Å². The monoisotopic (exact) mass is 295 g/mol. The molecule has 0 bridgehead atoms. The summed E-state index contributed by atoms with van der Waals surface area (Å²) in [6, 6.07) is 0.522. The molecular weight excluding hydrogens is 262 g/mol. The normalized spacial score (nSPS) is 22.8.